The van der Waals surface area contributed by atoms with Crippen molar-refractivity contribution in [2.24, 2.45) is 0 Å². The number of piperidine rings is 2. The molecule has 7 nitrogen and oxygen atoms in total. The van der Waals surface area contributed by atoms with E-state index in [9.17, 15) is 13.2 Å². The number of nitrogens with zero attached hydrogens (tertiary/aromatic N) is 3. The van der Waals surface area contributed by atoms with Crippen LogP contribution in [0.25, 0.3) is 0 Å². The molecule has 0 atom stereocenters. The smallest absolute Gasteiger partial charge is 0.255 e. The summed E-state index contributed by atoms with van der Waals surface area (Å²) in [4.78, 5) is 19.6. The first-order chi connectivity index (χ1) is 15.5. The van der Waals surface area contributed by atoms with Crippen molar-refractivity contribution in [1.82, 2.24) is 9.29 Å². The van der Waals surface area contributed by atoms with Crippen LogP contribution in [-0.4, -0.2) is 56.0 Å². The minimum absolute atomic E-state index is 0.241. The second kappa shape index (κ2) is 10.2. The highest BCUT2D eigenvalue weighted by Crippen LogP contribution is 2.32. The molecular weight excluding hydrogens is 444 g/mol. The number of hydrogen-bond acceptors (Lipinski definition) is 6. The predicted octanol–water partition coefficient (Wildman–Crippen LogP) is 4.22. The number of thioether (sulfide) groups is 1. The van der Waals surface area contributed by atoms with Crippen LogP contribution in [0.1, 0.15) is 48.9 Å². The van der Waals surface area contributed by atoms with E-state index < -0.39 is 10.0 Å². The molecule has 0 bridgehead atoms. The zero-order valence-corrected chi connectivity index (χ0v) is 20.1. The molecule has 32 heavy (non-hydrogen) atoms. The molecule has 3 heterocycles. The molecule has 1 N–H and O–H groups in total. The largest absolute Gasteiger partial charge is 0.370 e. The highest BCUT2D eigenvalue weighted by molar-refractivity contribution is 7.98. The SMILES string of the molecule is CSc1ccc(NC(=O)c2ccc(N3CCCCC3)c(S(=O)(=O)N3CCCCC3)c2)cn1. The van der Waals surface area contributed by atoms with Crippen LogP contribution in [0, 0.1) is 0 Å². The van der Waals surface area contributed by atoms with Gasteiger partial charge in [0.15, 0.2) is 0 Å². The zero-order chi connectivity index (χ0) is 22.6. The van der Waals surface area contributed by atoms with Crippen molar-refractivity contribution < 1.29 is 13.2 Å². The molecular formula is C23H30N4O3S2. The standard InChI is InChI=1S/C23H30N4O3S2/c1-31-22-11-9-19(17-24-22)25-23(28)18-8-10-20(26-12-4-2-5-13-26)21(16-18)32(29,30)27-14-6-3-7-15-27/h8-11,16-17H,2-7,12-15H2,1H3,(H,25,28). The summed E-state index contributed by atoms with van der Waals surface area (Å²) in [6.07, 6.45) is 9.60. The Morgan fingerprint density at radius 1 is 0.969 bits per heavy atom. The van der Waals surface area contributed by atoms with Crippen molar-refractivity contribution in [2.45, 2.75) is 48.4 Å². The fourth-order valence-corrected chi connectivity index (χ4v) is 6.40. The lowest BCUT2D eigenvalue weighted by Gasteiger charge is -2.33. The highest BCUT2D eigenvalue weighted by atomic mass is 32.2. The Morgan fingerprint density at radius 3 is 2.28 bits per heavy atom. The van der Waals surface area contributed by atoms with Crippen LogP contribution in [0.4, 0.5) is 11.4 Å². The van der Waals surface area contributed by atoms with Gasteiger partial charge in [0.2, 0.25) is 10.0 Å². The fraction of sp³-hybridized carbons (Fsp3) is 0.478. The summed E-state index contributed by atoms with van der Waals surface area (Å²) in [5, 5.41) is 3.70. The molecule has 0 radical (unpaired) electrons. The zero-order valence-electron chi connectivity index (χ0n) is 18.4. The monoisotopic (exact) mass is 474 g/mol. The number of pyridine rings is 1. The lowest BCUT2D eigenvalue weighted by Crippen LogP contribution is -2.37. The first-order valence-corrected chi connectivity index (χ1v) is 13.9. The Morgan fingerprint density at radius 2 is 1.66 bits per heavy atom. The lowest BCUT2D eigenvalue weighted by atomic mass is 10.1. The third kappa shape index (κ3) is 5.10. The molecule has 1 aromatic carbocycles. The molecule has 2 aliphatic rings. The van der Waals surface area contributed by atoms with Crippen molar-refractivity contribution >= 4 is 39.1 Å². The van der Waals surface area contributed by atoms with E-state index in [0.29, 0.717) is 30.0 Å². The Balaban J connectivity index is 1.66. The highest BCUT2D eigenvalue weighted by Gasteiger charge is 2.31. The van der Waals surface area contributed by atoms with E-state index in [0.717, 1.165) is 56.6 Å². The van der Waals surface area contributed by atoms with Gasteiger partial charge in [-0.3, -0.25) is 4.79 Å². The van der Waals surface area contributed by atoms with Gasteiger partial charge < -0.3 is 10.2 Å². The number of amides is 1. The number of rotatable bonds is 6. The first-order valence-electron chi connectivity index (χ1n) is 11.2. The molecule has 0 saturated carbocycles. The van der Waals surface area contributed by atoms with Gasteiger partial charge in [-0.05, 0) is 68.7 Å². The molecule has 2 aliphatic heterocycles. The maximum Gasteiger partial charge on any atom is 0.255 e. The minimum Gasteiger partial charge on any atom is -0.370 e. The van der Waals surface area contributed by atoms with Crippen LogP contribution < -0.4 is 10.2 Å². The fourth-order valence-electron chi connectivity index (χ4n) is 4.28. The third-order valence-corrected chi connectivity index (χ3v) is 8.64. The van der Waals surface area contributed by atoms with Crippen molar-refractivity contribution in [3.63, 3.8) is 0 Å². The first kappa shape index (κ1) is 23.1. The number of aromatic nitrogens is 1. The van der Waals surface area contributed by atoms with Crippen LogP contribution in [0.2, 0.25) is 0 Å². The summed E-state index contributed by atoms with van der Waals surface area (Å²) >= 11 is 1.53. The van der Waals surface area contributed by atoms with Gasteiger partial charge in [0, 0.05) is 31.7 Å². The van der Waals surface area contributed by atoms with E-state index in [1.165, 1.54) is 11.8 Å². The third-order valence-electron chi connectivity index (χ3n) is 6.05. The van der Waals surface area contributed by atoms with Crippen molar-refractivity contribution in [3.05, 3.63) is 42.1 Å². The Bertz CT molecular complexity index is 1050. The van der Waals surface area contributed by atoms with E-state index in [1.807, 2.05) is 12.3 Å². The average molecular weight is 475 g/mol. The molecule has 2 saturated heterocycles. The number of anilines is 2. The predicted molar refractivity (Wildman–Crippen MR) is 129 cm³/mol. The average Bonchev–Trinajstić information content (AvgIpc) is 2.85. The van der Waals surface area contributed by atoms with Gasteiger partial charge in [-0.15, -0.1) is 11.8 Å². The molecule has 172 valence electrons. The van der Waals surface area contributed by atoms with Gasteiger partial charge in [-0.1, -0.05) is 6.42 Å². The molecule has 1 aromatic heterocycles. The second-order valence-electron chi connectivity index (χ2n) is 8.24. The van der Waals surface area contributed by atoms with Crippen LogP contribution in [0.3, 0.4) is 0 Å². The summed E-state index contributed by atoms with van der Waals surface area (Å²) in [5.41, 5.74) is 1.61. The van der Waals surface area contributed by atoms with E-state index in [-0.39, 0.29) is 10.8 Å². The van der Waals surface area contributed by atoms with Crippen LogP contribution >= 0.6 is 11.8 Å². The molecule has 2 aromatic rings. The molecule has 0 unspecified atom stereocenters. The number of sulfonamides is 1. The van der Waals surface area contributed by atoms with Gasteiger partial charge in [0.05, 0.1) is 22.6 Å². The number of hydrogen-bond donors (Lipinski definition) is 1. The number of benzene rings is 1. The number of nitrogens with one attached hydrogen (secondary N) is 1. The summed E-state index contributed by atoms with van der Waals surface area (Å²) in [7, 11) is -3.68. The molecule has 0 spiro atoms. The van der Waals surface area contributed by atoms with Crippen LogP contribution in [-0.2, 0) is 10.0 Å². The normalized spacial score (nSPS) is 17.8. The summed E-state index contributed by atoms with van der Waals surface area (Å²) in [6, 6.07) is 8.70. The molecule has 9 heteroatoms. The quantitative estimate of drug-likeness (QED) is 0.631. The van der Waals surface area contributed by atoms with Crippen molar-refractivity contribution in [1.29, 1.82) is 0 Å². The van der Waals surface area contributed by atoms with E-state index in [2.05, 4.69) is 15.2 Å². The van der Waals surface area contributed by atoms with Gasteiger partial charge >= 0.3 is 0 Å². The maximum absolute atomic E-state index is 13.6. The van der Waals surface area contributed by atoms with Gasteiger partial charge in [0.1, 0.15) is 4.90 Å². The number of carbonyl (C=O) groups is 1. The van der Waals surface area contributed by atoms with E-state index in [4.69, 9.17) is 0 Å². The Kier molecular flexibility index (Phi) is 7.37. The van der Waals surface area contributed by atoms with E-state index >= 15 is 0 Å². The van der Waals surface area contributed by atoms with Gasteiger partial charge in [-0.25, -0.2) is 13.4 Å². The Labute approximate surface area is 194 Å². The second-order valence-corrected chi connectivity index (χ2v) is 11.0. The van der Waals surface area contributed by atoms with Gasteiger partial charge in [0.25, 0.3) is 5.91 Å². The number of carbonyl (C=O) groups excluding carboxylic acids is 1. The maximum atomic E-state index is 13.6. The van der Waals surface area contributed by atoms with Crippen molar-refractivity contribution in [2.75, 3.05) is 42.7 Å². The molecule has 4 rings (SSSR count). The van der Waals surface area contributed by atoms with Crippen LogP contribution in [0.5, 0.6) is 0 Å². The lowest BCUT2D eigenvalue weighted by molar-refractivity contribution is 0.102. The summed E-state index contributed by atoms with van der Waals surface area (Å²) in [6.45, 7) is 2.74. The summed E-state index contributed by atoms with van der Waals surface area (Å²) in [5.74, 6) is -0.344. The molecule has 0 aliphatic carbocycles. The van der Waals surface area contributed by atoms with E-state index in [1.54, 1.807) is 34.8 Å². The molecule has 2 fully saturated rings. The minimum atomic E-state index is -3.68. The topological polar surface area (TPSA) is 82.6 Å². The van der Waals surface area contributed by atoms with Crippen molar-refractivity contribution in [3.8, 4) is 0 Å². The molecule has 1 amide bonds. The van der Waals surface area contributed by atoms with Crippen LogP contribution in [0.15, 0.2) is 46.5 Å². The summed E-state index contributed by atoms with van der Waals surface area (Å²) < 4.78 is 28.8. The Hall–Kier alpha value is -2.10. The van der Waals surface area contributed by atoms with Gasteiger partial charge in [-0.2, -0.15) is 4.31 Å².